The summed E-state index contributed by atoms with van der Waals surface area (Å²) in [5, 5.41) is 1.17. The van der Waals surface area contributed by atoms with E-state index in [1.165, 1.54) is 0 Å². The monoisotopic (exact) mass is 238 g/mol. The molecule has 1 aromatic heterocycles. The van der Waals surface area contributed by atoms with E-state index in [-0.39, 0.29) is 12.3 Å². The number of hydrogen-bond donors (Lipinski definition) is 2. The summed E-state index contributed by atoms with van der Waals surface area (Å²) in [5.74, 6) is 0.497. The van der Waals surface area contributed by atoms with Crippen molar-refractivity contribution < 1.29 is 9.53 Å². The molecule has 0 saturated heterocycles. The fourth-order valence-corrected chi connectivity index (χ4v) is 1.94. The van der Waals surface area contributed by atoms with Crippen molar-refractivity contribution in [3.63, 3.8) is 0 Å². The molecule has 0 aliphatic rings. The van der Waals surface area contributed by atoms with Gasteiger partial charge in [-0.2, -0.15) is 0 Å². The van der Waals surface area contributed by atoms with Gasteiger partial charge in [-0.15, -0.1) is 0 Å². The van der Waals surface area contributed by atoms with Crippen LogP contribution in [-0.4, -0.2) is 24.4 Å². The standard InChI is InChI=1S/C11H11ClN2O2/c1-16-9-3-2-7(12)10-6(8(15)4-13)5-14-11(9)10/h2-3,5,14H,4,13H2,1H3. The maximum absolute atomic E-state index is 11.6. The number of aromatic nitrogens is 1. The zero-order valence-corrected chi connectivity index (χ0v) is 9.47. The molecule has 0 atom stereocenters. The number of carbonyl (C=O) groups is 1. The number of ether oxygens (including phenoxy) is 1. The van der Waals surface area contributed by atoms with E-state index in [2.05, 4.69) is 4.98 Å². The maximum Gasteiger partial charge on any atom is 0.178 e. The van der Waals surface area contributed by atoms with Crippen molar-refractivity contribution in [1.29, 1.82) is 0 Å². The predicted molar refractivity (Wildman–Crippen MR) is 63.2 cm³/mol. The average molecular weight is 239 g/mol. The first kappa shape index (κ1) is 11.0. The number of Topliss-reactive ketones (excluding diaryl/α,β-unsaturated/α-hetero) is 1. The maximum atomic E-state index is 11.6. The summed E-state index contributed by atoms with van der Waals surface area (Å²) in [5.41, 5.74) is 6.55. The van der Waals surface area contributed by atoms with Gasteiger partial charge in [-0.25, -0.2) is 0 Å². The van der Waals surface area contributed by atoms with Crippen LogP contribution in [0.25, 0.3) is 10.9 Å². The first-order chi connectivity index (χ1) is 7.69. The second-order valence-corrected chi connectivity index (χ2v) is 3.74. The Balaban J connectivity index is 2.75. The third kappa shape index (κ3) is 1.56. The Labute approximate surface area is 97.3 Å². The minimum absolute atomic E-state index is 0.0412. The molecule has 2 aromatic rings. The highest BCUT2D eigenvalue weighted by Gasteiger charge is 2.15. The molecule has 0 saturated carbocycles. The fourth-order valence-electron chi connectivity index (χ4n) is 1.68. The molecule has 0 bridgehead atoms. The Kier molecular flexibility index (Phi) is 2.85. The van der Waals surface area contributed by atoms with Crippen molar-refractivity contribution in [3.05, 3.63) is 28.9 Å². The summed E-state index contributed by atoms with van der Waals surface area (Å²) in [4.78, 5) is 14.6. The van der Waals surface area contributed by atoms with E-state index in [1.54, 1.807) is 25.4 Å². The molecule has 3 N–H and O–H groups in total. The number of halogens is 1. The van der Waals surface area contributed by atoms with Gasteiger partial charge in [0.25, 0.3) is 0 Å². The zero-order chi connectivity index (χ0) is 11.7. The molecule has 0 spiro atoms. The molecular weight excluding hydrogens is 228 g/mol. The molecular formula is C11H11ClN2O2. The molecule has 0 unspecified atom stereocenters. The van der Waals surface area contributed by atoms with Crippen LogP contribution in [0.1, 0.15) is 10.4 Å². The van der Waals surface area contributed by atoms with E-state index in [0.29, 0.717) is 27.2 Å². The second-order valence-electron chi connectivity index (χ2n) is 3.33. The Morgan fingerprint density at radius 3 is 2.94 bits per heavy atom. The van der Waals surface area contributed by atoms with Crippen LogP contribution in [0, 0.1) is 0 Å². The van der Waals surface area contributed by atoms with Crippen LogP contribution in [0.15, 0.2) is 18.3 Å². The lowest BCUT2D eigenvalue weighted by molar-refractivity contribution is 0.100. The lowest BCUT2D eigenvalue weighted by Gasteiger charge is -2.03. The lowest BCUT2D eigenvalue weighted by atomic mass is 10.1. The largest absolute Gasteiger partial charge is 0.495 e. The van der Waals surface area contributed by atoms with Gasteiger partial charge in [0, 0.05) is 17.1 Å². The van der Waals surface area contributed by atoms with Gasteiger partial charge in [0.1, 0.15) is 5.75 Å². The van der Waals surface area contributed by atoms with Crippen LogP contribution in [0.2, 0.25) is 5.02 Å². The number of fused-ring (bicyclic) bond motifs is 1. The van der Waals surface area contributed by atoms with Gasteiger partial charge in [-0.05, 0) is 12.1 Å². The quantitative estimate of drug-likeness (QED) is 0.804. The van der Waals surface area contributed by atoms with Gasteiger partial charge in [0.2, 0.25) is 0 Å². The minimum atomic E-state index is -0.151. The number of carbonyl (C=O) groups excluding carboxylic acids is 1. The van der Waals surface area contributed by atoms with E-state index in [0.717, 1.165) is 0 Å². The van der Waals surface area contributed by atoms with Crippen molar-refractivity contribution in [2.24, 2.45) is 5.73 Å². The molecule has 1 aromatic carbocycles. The number of aromatic amines is 1. The number of hydrogen-bond acceptors (Lipinski definition) is 3. The Morgan fingerprint density at radius 2 is 2.31 bits per heavy atom. The van der Waals surface area contributed by atoms with Crippen molar-refractivity contribution in [2.75, 3.05) is 13.7 Å². The van der Waals surface area contributed by atoms with E-state index < -0.39 is 0 Å². The van der Waals surface area contributed by atoms with Gasteiger partial charge in [-0.1, -0.05) is 11.6 Å². The summed E-state index contributed by atoms with van der Waals surface area (Å²) >= 11 is 6.06. The summed E-state index contributed by atoms with van der Waals surface area (Å²) in [6.07, 6.45) is 1.61. The topological polar surface area (TPSA) is 68.1 Å². The molecule has 0 amide bonds. The van der Waals surface area contributed by atoms with Crippen LogP contribution >= 0.6 is 11.6 Å². The molecule has 5 heteroatoms. The SMILES string of the molecule is COc1ccc(Cl)c2c(C(=O)CN)c[nH]c12. The Morgan fingerprint density at radius 1 is 1.56 bits per heavy atom. The summed E-state index contributed by atoms with van der Waals surface area (Å²) in [7, 11) is 1.56. The van der Waals surface area contributed by atoms with Crippen LogP contribution in [0.4, 0.5) is 0 Å². The van der Waals surface area contributed by atoms with Crippen molar-refractivity contribution in [2.45, 2.75) is 0 Å². The van der Waals surface area contributed by atoms with Crippen LogP contribution in [0.5, 0.6) is 5.75 Å². The molecule has 0 fully saturated rings. The second kappa shape index (κ2) is 4.15. The number of ketones is 1. The highest BCUT2D eigenvalue weighted by molar-refractivity contribution is 6.37. The van der Waals surface area contributed by atoms with Crippen LogP contribution in [0.3, 0.4) is 0 Å². The van der Waals surface area contributed by atoms with Gasteiger partial charge in [0.15, 0.2) is 5.78 Å². The third-order valence-electron chi connectivity index (χ3n) is 2.45. The first-order valence-electron chi connectivity index (χ1n) is 4.76. The third-order valence-corrected chi connectivity index (χ3v) is 2.77. The number of methoxy groups -OCH3 is 1. The van der Waals surface area contributed by atoms with Crippen LogP contribution in [-0.2, 0) is 0 Å². The Hall–Kier alpha value is -1.52. The molecule has 84 valence electrons. The minimum Gasteiger partial charge on any atom is -0.495 e. The summed E-state index contributed by atoms with van der Waals surface area (Å²) in [6, 6.07) is 3.45. The number of benzene rings is 1. The average Bonchev–Trinajstić information content (AvgIpc) is 2.74. The molecule has 0 radical (unpaired) electrons. The molecule has 0 aliphatic heterocycles. The summed E-state index contributed by atoms with van der Waals surface area (Å²) < 4.78 is 5.18. The van der Waals surface area contributed by atoms with E-state index in [4.69, 9.17) is 22.1 Å². The summed E-state index contributed by atoms with van der Waals surface area (Å²) in [6.45, 7) is -0.0412. The number of H-pyrrole nitrogens is 1. The number of nitrogens with one attached hydrogen (secondary N) is 1. The number of rotatable bonds is 3. The molecule has 1 heterocycles. The molecule has 16 heavy (non-hydrogen) atoms. The molecule has 2 rings (SSSR count). The highest BCUT2D eigenvalue weighted by Crippen LogP contribution is 2.33. The van der Waals surface area contributed by atoms with Crippen molar-refractivity contribution >= 4 is 28.3 Å². The molecule has 0 aliphatic carbocycles. The smallest absolute Gasteiger partial charge is 0.178 e. The van der Waals surface area contributed by atoms with E-state index in [1.807, 2.05) is 0 Å². The lowest BCUT2D eigenvalue weighted by Crippen LogP contribution is -2.13. The van der Waals surface area contributed by atoms with E-state index >= 15 is 0 Å². The Bertz CT molecular complexity index is 548. The van der Waals surface area contributed by atoms with Gasteiger partial charge in [0.05, 0.1) is 24.2 Å². The number of nitrogens with two attached hydrogens (primary N) is 1. The van der Waals surface area contributed by atoms with Gasteiger partial charge < -0.3 is 15.5 Å². The van der Waals surface area contributed by atoms with Gasteiger partial charge in [-0.3, -0.25) is 4.79 Å². The first-order valence-corrected chi connectivity index (χ1v) is 5.13. The fraction of sp³-hybridized carbons (Fsp3) is 0.182. The zero-order valence-electron chi connectivity index (χ0n) is 8.71. The molecule has 4 nitrogen and oxygen atoms in total. The van der Waals surface area contributed by atoms with Crippen LogP contribution < -0.4 is 10.5 Å². The van der Waals surface area contributed by atoms with Crippen molar-refractivity contribution in [1.82, 2.24) is 4.98 Å². The highest BCUT2D eigenvalue weighted by atomic mass is 35.5. The van der Waals surface area contributed by atoms with Gasteiger partial charge >= 0.3 is 0 Å². The van der Waals surface area contributed by atoms with Crippen molar-refractivity contribution in [3.8, 4) is 5.75 Å². The van der Waals surface area contributed by atoms with E-state index in [9.17, 15) is 4.79 Å². The normalized spacial score (nSPS) is 10.7. The predicted octanol–water partition coefficient (Wildman–Crippen LogP) is 1.97.